The fraction of sp³-hybridized carbons (Fsp3) is 0.100. The predicted octanol–water partition coefficient (Wildman–Crippen LogP) is 1.93. The molecule has 172 valence electrons. The molecule has 3 N–H and O–H groups in total. The van der Waals surface area contributed by atoms with Gasteiger partial charge in [0.25, 0.3) is 11.8 Å². The molecule has 33 heavy (non-hydrogen) atoms. The molecule has 13 heteroatoms. The van der Waals surface area contributed by atoms with Crippen LogP contribution in [0.15, 0.2) is 51.3 Å². The van der Waals surface area contributed by atoms with Gasteiger partial charge >= 0.3 is 16.1 Å². The van der Waals surface area contributed by atoms with E-state index in [0.717, 1.165) is 0 Å². The van der Waals surface area contributed by atoms with Gasteiger partial charge in [0.1, 0.15) is 10.5 Å². The summed E-state index contributed by atoms with van der Waals surface area (Å²) in [5.74, 6) is -2.25. The van der Waals surface area contributed by atoms with E-state index in [9.17, 15) is 27.6 Å². The second kappa shape index (κ2) is 9.42. The summed E-state index contributed by atoms with van der Waals surface area (Å²) in [7, 11) is -3.00. The largest absolute Gasteiger partial charge is 0.493 e. The summed E-state index contributed by atoms with van der Waals surface area (Å²) in [4.78, 5) is 46.0. The average Bonchev–Trinajstić information content (AvgIpc) is 2.72. The summed E-state index contributed by atoms with van der Waals surface area (Å²) in [5, 5.41) is 6.43. The molecule has 2 aromatic carbocycles. The Morgan fingerprint density at radius 1 is 1.06 bits per heavy atom. The van der Waals surface area contributed by atoms with Crippen LogP contribution < -0.4 is 24.9 Å². The summed E-state index contributed by atoms with van der Waals surface area (Å²) in [5.41, 5.74) is 0.372. The number of rotatable bonds is 6. The van der Waals surface area contributed by atoms with Gasteiger partial charge in [0, 0.05) is 12.6 Å². The maximum Gasteiger partial charge on any atom is 0.339 e. The molecule has 0 bridgehead atoms. The average molecular weight is 538 g/mol. The van der Waals surface area contributed by atoms with Gasteiger partial charge in [-0.15, -0.1) is 0 Å². The second-order valence-electron chi connectivity index (χ2n) is 6.57. The lowest BCUT2D eigenvalue weighted by molar-refractivity contribution is -0.124. The lowest BCUT2D eigenvalue weighted by Gasteiger charge is -2.15. The summed E-state index contributed by atoms with van der Waals surface area (Å²) in [6.07, 6.45) is 1.20. The highest BCUT2D eigenvalue weighted by molar-refractivity contribution is 9.10. The molecular weight excluding hydrogens is 522 g/mol. The number of methoxy groups -OCH3 is 1. The minimum Gasteiger partial charge on any atom is -0.493 e. The third-order valence-corrected chi connectivity index (χ3v) is 5.99. The van der Waals surface area contributed by atoms with Gasteiger partial charge in [0.2, 0.25) is 5.91 Å². The number of barbiturate groups is 1. The zero-order valence-electron chi connectivity index (χ0n) is 17.1. The monoisotopic (exact) mass is 537 g/mol. The van der Waals surface area contributed by atoms with Crippen LogP contribution >= 0.6 is 15.9 Å². The smallest absolute Gasteiger partial charge is 0.339 e. The standard InChI is InChI=1S/C20H16BrN3O8S/c1-10(25)22-12-3-5-13(6-4-12)33(29,30)32-17-15(21)8-11(9-16(17)31-2)7-14-18(26)23-20(28)24-19(14)27/h3-9H,1-2H3,(H,22,25)(H2,23,24,26,27,28). The zero-order chi connectivity index (χ0) is 24.3. The van der Waals surface area contributed by atoms with Gasteiger partial charge in [-0.05, 0) is 64.0 Å². The molecule has 11 nitrogen and oxygen atoms in total. The number of hydrogen-bond acceptors (Lipinski definition) is 8. The molecule has 0 aromatic heterocycles. The third kappa shape index (κ3) is 5.56. The third-order valence-electron chi connectivity index (χ3n) is 4.16. The Labute approximate surface area is 196 Å². The van der Waals surface area contributed by atoms with Gasteiger partial charge in [-0.25, -0.2) is 4.79 Å². The molecule has 0 unspecified atom stereocenters. The summed E-state index contributed by atoms with van der Waals surface area (Å²) >= 11 is 3.21. The van der Waals surface area contributed by atoms with Crippen LogP contribution in [0, 0.1) is 0 Å². The van der Waals surface area contributed by atoms with Crippen LogP contribution in [0.1, 0.15) is 12.5 Å². The number of anilines is 1. The first kappa shape index (κ1) is 23.9. The number of carbonyl (C=O) groups is 4. The van der Waals surface area contributed by atoms with Crippen molar-refractivity contribution in [2.24, 2.45) is 0 Å². The topological polar surface area (TPSA) is 157 Å². The van der Waals surface area contributed by atoms with Crippen molar-refractivity contribution in [2.45, 2.75) is 11.8 Å². The quantitative estimate of drug-likeness (QED) is 0.286. The van der Waals surface area contributed by atoms with Gasteiger partial charge in [0.15, 0.2) is 11.5 Å². The number of ether oxygens (including phenoxy) is 1. The molecule has 0 spiro atoms. The van der Waals surface area contributed by atoms with Crippen LogP contribution in [0.25, 0.3) is 6.08 Å². The van der Waals surface area contributed by atoms with Crippen LogP contribution in [-0.2, 0) is 24.5 Å². The van der Waals surface area contributed by atoms with Crippen LogP contribution in [0.2, 0.25) is 0 Å². The van der Waals surface area contributed by atoms with Crippen LogP contribution in [0.3, 0.4) is 0 Å². The molecular formula is C20H16BrN3O8S. The molecule has 5 amide bonds. The molecule has 1 fully saturated rings. The minimum atomic E-state index is -4.28. The van der Waals surface area contributed by atoms with Crippen molar-refractivity contribution in [1.29, 1.82) is 0 Å². The van der Waals surface area contributed by atoms with Crippen LogP contribution in [-0.4, -0.2) is 39.3 Å². The van der Waals surface area contributed by atoms with E-state index in [1.165, 1.54) is 56.5 Å². The van der Waals surface area contributed by atoms with E-state index in [2.05, 4.69) is 21.2 Å². The van der Waals surface area contributed by atoms with Gasteiger partial charge < -0.3 is 14.2 Å². The fourth-order valence-corrected chi connectivity index (χ4v) is 4.35. The highest BCUT2D eigenvalue weighted by Crippen LogP contribution is 2.39. The van der Waals surface area contributed by atoms with Crippen molar-refractivity contribution >= 4 is 61.6 Å². The van der Waals surface area contributed by atoms with E-state index in [1.807, 2.05) is 10.6 Å². The van der Waals surface area contributed by atoms with E-state index in [1.54, 1.807) is 0 Å². The van der Waals surface area contributed by atoms with Crippen LogP contribution in [0.5, 0.6) is 11.5 Å². The number of urea groups is 1. The molecule has 0 aliphatic carbocycles. The molecule has 0 radical (unpaired) electrons. The zero-order valence-corrected chi connectivity index (χ0v) is 19.5. The summed E-state index contributed by atoms with van der Waals surface area (Å²) < 4.78 is 36.1. The fourth-order valence-electron chi connectivity index (χ4n) is 2.74. The van der Waals surface area contributed by atoms with Crippen molar-refractivity contribution in [1.82, 2.24) is 10.6 Å². The Balaban J connectivity index is 1.92. The lowest BCUT2D eigenvalue weighted by atomic mass is 10.1. The molecule has 1 aliphatic heterocycles. The molecule has 3 rings (SSSR count). The Hall–Kier alpha value is -3.71. The van der Waals surface area contributed by atoms with E-state index >= 15 is 0 Å². The highest BCUT2D eigenvalue weighted by Gasteiger charge is 2.28. The van der Waals surface area contributed by atoms with Crippen molar-refractivity contribution in [3.05, 3.63) is 52.0 Å². The molecule has 1 heterocycles. The Morgan fingerprint density at radius 2 is 1.67 bits per heavy atom. The SMILES string of the molecule is COc1cc(C=C2C(=O)NC(=O)NC2=O)cc(Br)c1OS(=O)(=O)c1ccc(NC(C)=O)cc1. The normalized spacial score (nSPS) is 13.7. The van der Waals surface area contributed by atoms with Gasteiger partial charge in [-0.1, -0.05) is 0 Å². The number of carbonyl (C=O) groups excluding carboxylic acids is 4. The van der Waals surface area contributed by atoms with Crippen molar-refractivity contribution in [2.75, 3.05) is 12.4 Å². The summed E-state index contributed by atoms with van der Waals surface area (Å²) in [6.45, 7) is 1.32. The number of benzene rings is 2. The second-order valence-corrected chi connectivity index (χ2v) is 8.97. The van der Waals surface area contributed by atoms with Gasteiger partial charge in [0.05, 0.1) is 11.6 Å². The van der Waals surface area contributed by atoms with Gasteiger partial charge in [-0.2, -0.15) is 8.42 Å². The molecule has 0 atom stereocenters. The summed E-state index contributed by atoms with van der Waals surface area (Å²) in [6, 6.07) is 7.16. The molecule has 2 aromatic rings. The van der Waals surface area contributed by atoms with E-state index in [-0.39, 0.29) is 37.9 Å². The Morgan fingerprint density at radius 3 is 2.21 bits per heavy atom. The van der Waals surface area contributed by atoms with Crippen molar-refractivity contribution in [3.8, 4) is 11.5 Å². The molecule has 1 aliphatic rings. The number of halogens is 1. The van der Waals surface area contributed by atoms with Gasteiger partial charge in [-0.3, -0.25) is 25.0 Å². The van der Waals surface area contributed by atoms with E-state index < -0.39 is 28.0 Å². The first-order valence-electron chi connectivity index (χ1n) is 9.08. The first-order valence-corrected chi connectivity index (χ1v) is 11.3. The van der Waals surface area contributed by atoms with Crippen molar-refractivity contribution < 1.29 is 36.5 Å². The number of imide groups is 2. The number of nitrogens with one attached hydrogen (secondary N) is 3. The maximum atomic E-state index is 12.7. The number of amides is 5. The minimum absolute atomic E-state index is 0.0117. The van der Waals surface area contributed by atoms with Crippen molar-refractivity contribution in [3.63, 3.8) is 0 Å². The van der Waals surface area contributed by atoms with Crippen LogP contribution in [0.4, 0.5) is 10.5 Å². The lowest BCUT2D eigenvalue weighted by Crippen LogP contribution is -2.51. The highest BCUT2D eigenvalue weighted by atomic mass is 79.9. The maximum absolute atomic E-state index is 12.7. The Kier molecular flexibility index (Phi) is 6.84. The molecule has 0 saturated carbocycles. The predicted molar refractivity (Wildman–Crippen MR) is 119 cm³/mol. The van der Waals surface area contributed by atoms with E-state index in [4.69, 9.17) is 8.92 Å². The Bertz CT molecular complexity index is 1280. The van der Waals surface area contributed by atoms with E-state index in [0.29, 0.717) is 5.69 Å². The number of hydrogen-bond donors (Lipinski definition) is 3. The first-order chi connectivity index (χ1) is 15.5. The molecule has 1 saturated heterocycles.